The van der Waals surface area contributed by atoms with Crippen LogP contribution >= 0.6 is 11.8 Å². The monoisotopic (exact) mass is 281 g/mol. The van der Waals surface area contributed by atoms with Crippen LogP contribution in [-0.2, 0) is 0 Å². The van der Waals surface area contributed by atoms with Gasteiger partial charge in [0.25, 0.3) is 0 Å². The molecule has 2 N–H and O–H groups in total. The van der Waals surface area contributed by atoms with Crippen LogP contribution < -0.4 is 5.32 Å². The molecule has 108 valence electrons. The van der Waals surface area contributed by atoms with Crippen molar-refractivity contribution < 1.29 is 5.11 Å². The third kappa shape index (κ3) is 5.98. The number of thioether (sulfide) groups is 1. The van der Waals surface area contributed by atoms with Gasteiger partial charge in [0.15, 0.2) is 0 Å². The third-order valence-corrected chi connectivity index (χ3v) is 4.47. The molecule has 1 atom stereocenters. The standard InChI is InChI=1S/C16H27NOS/c1-13(2)17-16(4,12-18)10-7-11-19-15-9-6-5-8-14(15)3/h5-6,8-9,13,17-18H,7,10-12H2,1-4H3. The summed E-state index contributed by atoms with van der Waals surface area (Å²) >= 11 is 1.91. The van der Waals surface area contributed by atoms with Gasteiger partial charge in [-0.1, -0.05) is 32.0 Å². The van der Waals surface area contributed by atoms with Crippen molar-refractivity contribution in [2.45, 2.75) is 57.0 Å². The SMILES string of the molecule is Cc1ccccc1SCCCC(C)(CO)NC(C)C. The number of rotatable bonds is 8. The zero-order valence-corrected chi connectivity index (χ0v) is 13.4. The van der Waals surface area contributed by atoms with E-state index in [9.17, 15) is 5.11 Å². The normalized spacial score (nSPS) is 14.6. The Hall–Kier alpha value is -0.510. The largest absolute Gasteiger partial charge is 0.394 e. The van der Waals surface area contributed by atoms with Crippen LogP contribution in [0.3, 0.4) is 0 Å². The molecule has 3 heteroatoms. The highest BCUT2D eigenvalue weighted by atomic mass is 32.2. The molecular weight excluding hydrogens is 254 g/mol. The van der Waals surface area contributed by atoms with Crippen LogP contribution in [0, 0.1) is 6.92 Å². The minimum Gasteiger partial charge on any atom is -0.394 e. The maximum Gasteiger partial charge on any atom is 0.0610 e. The molecule has 0 amide bonds. The van der Waals surface area contributed by atoms with E-state index in [1.165, 1.54) is 10.5 Å². The first-order valence-electron chi connectivity index (χ1n) is 7.04. The zero-order valence-electron chi connectivity index (χ0n) is 12.6. The Morgan fingerprint density at radius 1 is 1.32 bits per heavy atom. The van der Waals surface area contributed by atoms with Crippen LogP contribution in [0.1, 0.15) is 39.2 Å². The van der Waals surface area contributed by atoms with Gasteiger partial charge in [0.1, 0.15) is 0 Å². The van der Waals surface area contributed by atoms with Gasteiger partial charge in [0, 0.05) is 16.5 Å². The van der Waals surface area contributed by atoms with Crippen molar-refractivity contribution in [3.63, 3.8) is 0 Å². The summed E-state index contributed by atoms with van der Waals surface area (Å²) in [5.41, 5.74) is 1.19. The summed E-state index contributed by atoms with van der Waals surface area (Å²) in [6.45, 7) is 8.69. The summed E-state index contributed by atoms with van der Waals surface area (Å²) in [5, 5.41) is 13.0. The van der Waals surface area contributed by atoms with Crippen molar-refractivity contribution in [1.82, 2.24) is 5.32 Å². The van der Waals surface area contributed by atoms with Gasteiger partial charge in [-0.25, -0.2) is 0 Å². The van der Waals surface area contributed by atoms with Crippen LogP contribution in [0.4, 0.5) is 0 Å². The van der Waals surface area contributed by atoms with Crippen LogP contribution in [0.25, 0.3) is 0 Å². The number of hydrogen-bond acceptors (Lipinski definition) is 3. The fraction of sp³-hybridized carbons (Fsp3) is 0.625. The lowest BCUT2D eigenvalue weighted by atomic mass is 9.96. The average Bonchev–Trinajstić information content (AvgIpc) is 2.36. The third-order valence-electron chi connectivity index (χ3n) is 3.21. The van der Waals surface area contributed by atoms with Crippen LogP contribution in [0.5, 0.6) is 0 Å². The Morgan fingerprint density at radius 2 is 2.00 bits per heavy atom. The lowest BCUT2D eigenvalue weighted by Gasteiger charge is -2.31. The Bertz CT molecular complexity index is 381. The van der Waals surface area contributed by atoms with E-state index in [-0.39, 0.29) is 12.1 Å². The van der Waals surface area contributed by atoms with Gasteiger partial charge in [-0.3, -0.25) is 0 Å². The predicted molar refractivity (Wildman–Crippen MR) is 84.9 cm³/mol. The van der Waals surface area contributed by atoms with E-state index in [4.69, 9.17) is 0 Å². The van der Waals surface area contributed by atoms with E-state index >= 15 is 0 Å². The van der Waals surface area contributed by atoms with Crippen molar-refractivity contribution in [3.8, 4) is 0 Å². The highest BCUT2D eigenvalue weighted by molar-refractivity contribution is 7.99. The molecular formula is C16H27NOS. The molecule has 0 fully saturated rings. The second-order valence-corrected chi connectivity index (χ2v) is 6.87. The topological polar surface area (TPSA) is 32.3 Å². The second kappa shape index (κ2) is 7.93. The van der Waals surface area contributed by atoms with E-state index in [1.807, 2.05) is 11.8 Å². The number of hydrogen-bond donors (Lipinski definition) is 2. The quantitative estimate of drug-likeness (QED) is 0.564. The maximum absolute atomic E-state index is 9.53. The van der Waals surface area contributed by atoms with E-state index in [2.05, 4.69) is 57.3 Å². The molecule has 2 nitrogen and oxygen atoms in total. The molecule has 0 radical (unpaired) electrons. The van der Waals surface area contributed by atoms with Crippen molar-refractivity contribution in [3.05, 3.63) is 29.8 Å². The molecule has 1 unspecified atom stereocenters. The fourth-order valence-corrected chi connectivity index (χ4v) is 3.24. The van der Waals surface area contributed by atoms with Gasteiger partial charge in [0.05, 0.1) is 6.61 Å². The smallest absolute Gasteiger partial charge is 0.0610 e. The van der Waals surface area contributed by atoms with Crippen LogP contribution in [0.2, 0.25) is 0 Å². The molecule has 0 spiro atoms. The molecule has 1 rings (SSSR count). The van der Waals surface area contributed by atoms with Gasteiger partial charge in [-0.2, -0.15) is 0 Å². The van der Waals surface area contributed by atoms with Gasteiger partial charge in [-0.05, 0) is 44.1 Å². The molecule has 0 aliphatic carbocycles. The Balaban J connectivity index is 2.35. The first-order valence-corrected chi connectivity index (χ1v) is 8.02. The van der Waals surface area contributed by atoms with Gasteiger partial charge in [0.2, 0.25) is 0 Å². The Morgan fingerprint density at radius 3 is 2.58 bits per heavy atom. The number of aliphatic hydroxyl groups is 1. The van der Waals surface area contributed by atoms with Crippen molar-refractivity contribution in [1.29, 1.82) is 0 Å². The summed E-state index contributed by atoms with van der Waals surface area (Å²) in [6, 6.07) is 8.90. The number of benzene rings is 1. The number of nitrogens with one attached hydrogen (secondary N) is 1. The predicted octanol–water partition coefficient (Wildman–Crippen LogP) is 3.62. The lowest BCUT2D eigenvalue weighted by molar-refractivity contribution is 0.156. The summed E-state index contributed by atoms with van der Waals surface area (Å²) < 4.78 is 0. The fourth-order valence-electron chi connectivity index (χ4n) is 2.26. The zero-order chi connectivity index (χ0) is 14.3. The van der Waals surface area contributed by atoms with Crippen LogP contribution in [0.15, 0.2) is 29.2 Å². The summed E-state index contributed by atoms with van der Waals surface area (Å²) in [6.07, 6.45) is 2.11. The molecule has 0 saturated heterocycles. The van der Waals surface area contributed by atoms with Gasteiger partial charge < -0.3 is 10.4 Å². The molecule has 0 aromatic heterocycles. The molecule has 19 heavy (non-hydrogen) atoms. The van der Waals surface area contributed by atoms with Crippen molar-refractivity contribution in [2.24, 2.45) is 0 Å². The molecule has 0 aliphatic rings. The summed E-state index contributed by atoms with van der Waals surface area (Å²) in [7, 11) is 0. The minimum absolute atomic E-state index is 0.152. The summed E-state index contributed by atoms with van der Waals surface area (Å²) in [4.78, 5) is 1.37. The minimum atomic E-state index is -0.152. The first kappa shape index (κ1) is 16.5. The van der Waals surface area contributed by atoms with E-state index in [0.29, 0.717) is 6.04 Å². The van der Waals surface area contributed by atoms with Gasteiger partial charge >= 0.3 is 0 Å². The highest BCUT2D eigenvalue weighted by Crippen LogP contribution is 2.24. The van der Waals surface area contributed by atoms with E-state index in [1.54, 1.807) is 0 Å². The van der Waals surface area contributed by atoms with E-state index in [0.717, 1.165) is 18.6 Å². The molecule has 1 aromatic carbocycles. The number of aliphatic hydroxyl groups excluding tert-OH is 1. The second-order valence-electron chi connectivity index (χ2n) is 5.74. The summed E-state index contributed by atoms with van der Waals surface area (Å²) in [5.74, 6) is 1.10. The highest BCUT2D eigenvalue weighted by Gasteiger charge is 2.22. The maximum atomic E-state index is 9.53. The van der Waals surface area contributed by atoms with E-state index < -0.39 is 0 Å². The van der Waals surface area contributed by atoms with Crippen molar-refractivity contribution >= 4 is 11.8 Å². The average molecular weight is 281 g/mol. The molecule has 1 aromatic rings. The molecule has 0 bridgehead atoms. The van der Waals surface area contributed by atoms with Crippen LogP contribution in [-0.4, -0.2) is 29.0 Å². The molecule has 0 heterocycles. The Labute approximate surface area is 122 Å². The molecule has 0 saturated carbocycles. The lowest BCUT2D eigenvalue weighted by Crippen LogP contribution is -2.49. The Kier molecular flexibility index (Phi) is 6.90. The molecule has 0 aliphatic heterocycles. The van der Waals surface area contributed by atoms with Crippen molar-refractivity contribution in [2.75, 3.05) is 12.4 Å². The first-order chi connectivity index (χ1) is 8.97. The number of aryl methyl sites for hydroxylation is 1. The van der Waals surface area contributed by atoms with Gasteiger partial charge in [-0.15, -0.1) is 11.8 Å².